The minimum atomic E-state index is 0.967. The van der Waals surface area contributed by atoms with Gasteiger partial charge in [0.1, 0.15) is 0 Å². The number of aryl methyl sites for hydroxylation is 2. The Kier molecular flexibility index (Phi) is 4.12. The van der Waals surface area contributed by atoms with E-state index in [2.05, 4.69) is 41.4 Å². The Bertz CT molecular complexity index is 488. The van der Waals surface area contributed by atoms with Gasteiger partial charge in [-0.15, -0.1) is 22.7 Å². The molecule has 92 valence electrons. The third kappa shape index (κ3) is 2.84. The van der Waals surface area contributed by atoms with E-state index in [-0.39, 0.29) is 0 Å². The van der Waals surface area contributed by atoms with Gasteiger partial charge in [0.25, 0.3) is 0 Å². The molecule has 0 aliphatic rings. The van der Waals surface area contributed by atoms with Gasteiger partial charge in [0.15, 0.2) is 5.13 Å². The Morgan fingerprint density at radius 2 is 2.12 bits per heavy atom. The molecule has 5 heteroatoms. The van der Waals surface area contributed by atoms with Crippen LogP contribution >= 0.6 is 22.7 Å². The number of hydrogen-bond donors (Lipinski definition) is 1. The van der Waals surface area contributed by atoms with Gasteiger partial charge in [-0.25, -0.2) is 9.97 Å². The summed E-state index contributed by atoms with van der Waals surface area (Å²) < 4.78 is 0. The summed E-state index contributed by atoms with van der Waals surface area (Å²) in [5, 5.41) is 7.56. The summed E-state index contributed by atoms with van der Waals surface area (Å²) in [7, 11) is 0. The molecule has 0 bridgehead atoms. The highest BCUT2D eigenvalue weighted by Crippen LogP contribution is 2.32. The van der Waals surface area contributed by atoms with E-state index in [1.54, 1.807) is 22.7 Å². The lowest BCUT2D eigenvalue weighted by Gasteiger charge is -1.97. The zero-order valence-electron chi connectivity index (χ0n) is 10.4. The van der Waals surface area contributed by atoms with Crippen molar-refractivity contribution < 1.29 is 0 Å². The number of thiazole rings is 2. The fourth-order valence-corrected chi connectivity index (χ4v) is 3.37. The van der Waals surface area contributed by atoms with Gasteiger partial charge in [-0.05, 0) is 19.8 Å². The first-order valence-electron chi connectivity index (χ1n) is 5.90. The highest BCUT2D eigenvalue weighted by Gasteiger charge is 2.12. The first kappa shape index (κ1) is 12.5. The molecule has 0 saturated carbocycles. The van der Waals surface area contributed by atoms with Crippen molar-refractivity contribution in [2.75, 3.05) is 11.9 Å². The molecule has 0 spiro atoms. The Hall–Kier alpha value is -0.940. The Morgan fingerprint density at radius 1 is 1.29 bits per heavy atom. The predicted octanol–water partition coefficient (Wildman–Crippen LogP) is 3.96. The minimum Gasteiger partial charge on any atom is -0.362 e. The highest BCUT2D eigenvalue weighted by atomic mass is 32.1. The number of rotatable bonds is 5. The van der Waals surface area contributed by atoms with Gasteiger partial charge in [-0.2, -0.15) is 0 Å². The van der Waals surface area contributed by atoms with E-state index >= 15 is 0 Å². The second-order valence-corrected chi connectivity index (χ2v) is 5.89. The monoisotopic (exact) mass is 267 g/mol. The number of nitrogens with zero attached hydrogens (tertiary/aromatic N) is 2. The van der Waals surface area contributed by atoms with Crippen LogP contribution in [0.3, 0.4) is 0 Å². The lowest BCUT2D eigenvalue weighted by atomic mass is 10.2. The van der Waals surface area contributed by atoms with Crippen LogP contribution in [0.25, 0.3) is 10.6 Å². The summed E-state index contributed by atoms with van der Waals surface area (Å²) in [5.41, 5.74) is 2.23. The van der Waals surface area contributed by atoms with Crippen LogP contribution in [0.4, 0.5) is 5.13 Å². The summed E-state index contributed by atoms with van der Waals surface area (Å²) in [6, 6.07) is 0. The number of hydrogen-bond acceptors (Lipinski definition) is 5. The van der Waals surface area contributed by atoms with Crippen molar-refractivity contribution in [1.29, 1.82) is 0 Å². The molecule has 0 amide bonds. The predicted molar refractivity (Wildman–Crippen MR) is 76.1 cm³/mol. The zero-order chi connectivity index (χ0) is 12.3. The molecule has 0 fully saturated rings. The minimum absolute atomic E-state index is 0.967. The summed E-state index contributed by atoms with van der Waals surface area (Å²) in [5.74, 6) is 0. The average Bonchev–Trinajstić information content (AvgIpc) is 2.92. The molecular weight excluding hydrogens is 250 g/mol. The van der Waals surface area contributed by atoms with Gasteiger partial charge in [0.2, 0.25) is 0 Å². The van der Waals surface area contributed by atoms with Crippen molar-refractivity contribution in [3.05, 3.63) is 16.1 Å². The molecule has 0 aliphatic carbocycles. The van der Waals surface area contributed by atoms with Crippen molar-refractivity contribution in [3.8, 4) is 10.6 Å². The molecule has 2 aromatic heterocycles. The largest absolute Gasteiger partial charge is 0.362 e. The summed E-state index contributed by atoms with van der Waals surface area (Å²) >= 11 is 3.40. The maximum Gasteiger partial charge on any atom is 0.183 e. The van der Waals surface area contributed by atoms with E-state index in [1.807, 2.05) is 0 Å². The van der Waals surface area contributed by atoms with Gasteiger partial charge in [-0.3, -0.25) is 0 Å². The van der Waals surface area contributed by atoms with E-state index in [1.165, 1.54) is 10.6 Å². The van der Waals surface area contributed by atoms with E-state index in [4.69, 9.17) is 0 Å². The van der Waals surface area contributed by atoms with E-state index in [0.29, 0.717) is 0 Å². The van der Waals surface area contributed by atoms with E-state index in [0.717, 1.165) is 35.2 Å². The highest BCUT2D eigenvalue weighted by molar-refractivity contribution is 7.16. The Morgan fingerprint density at radius 3 is 2.82 bits per heavy atom. The molecular formula is C12H17N3S2. The van der Waals surface area contributed by atoms with Crippen molar-refractivity contribution in [2.45, 2.75) is 33.6 Å². The van der Waals surface area contributed by atoms with Crippen LogP contribution in [0.5, 0.6) is 0 Å². The van der Waals surface area contributed by atoms with Crippen LogP contribution in [0, 0.1) is 6.92 Å². The molecule has 0 aromatic carbocycles. The van der Waals surface area contributed by atoms with Gasteiger partial charge < -0.3 is 5.32 Å². The quantitative estimate of drug-likeness (QED) is 0.891. The first-order chi connectivity index (χ1) is 8.24. The van der Waals surface area contributed by atoms with Gasteiger partial charge in [-0.1, -0.05) is 13.8 Å². The smallest absolute Gasteiger partial charge is 0.183 e. The first-order valence-corrected chi connectivity index (χ1v) is 7.60. The van der Waals surface area contributed by atoms with Crippen molar-refractivity contribution in [3.63, 3.8) is 0 Å². The maximum atomic E-state index is 4.62. The fourth-order valence-electron chi connectivity index (χ4n) is 1.60. The Balaban J connectivity index is 2.23. The van der Waals surface area contributed by atoms with Crippen LogP contribution in [0.1, 0.15) is 31.0 Å². The number of aromatic nitrogens is 2. The Labute approximate surface area is 110 Å². The fraction of sp³-hybridized carbons (Fsp3) is 0.500. The lowest BCUT2D eigenvalue weighted by molar-refractivity contribution is 0.976. The second-order valence-electron chi connectivity index (χ2n) is 3.83. The third-order valence-corrected chi connectivity index (χ3v) is 4.24. The maximum absolute atomic E-state index is 4.62. The van der Waals surface area contributed by atoms with Gasteiger partial charge in [0.05, 0.1) is 21.3 Å². The molecule has 3 nitrogen and oxygen atoms in total. The van der Waals surface area contributed by atoms with Crippen LogP contribution in [0.2, 0.25) is 0 Å². The standard InChI is InChI=1S/C12H17N3S2/c1-4-6-13-12-15-10(7-16-12)11-9(5-2)14-8(3)17-11/h7H,4-6H2,1-3H3,(H,13,15). The average molecular weight is 267 g/mol. The summed E-state index contributed by atoms with van der Waals surface area (Å²) in [6.07, 6.45) is 2.09. The van der Waals surface area contributed by atoms with Crippen LogP contribution in [-0.4, -0.2) is 16.5 Å². The lowest BCUT2D eigenvalue weighted by Crippen LogP contribution is -1.98. The molecule has 0 unspecified atom stereocenters. The number of nitrogens with one attached hydrogen (secondary N) is 1. The molecule has 2 rings (SSSR count). The van der Waals surface area contributed by atoms with Crippen LogP contribution in [-0.2, 0) is 6.42 Å². The van der Waals surface area contributed by atoms with E-state index in [9.17, 15) is 0 Å². The topological polar surface area (TPSA) is 37.8 Å². The van der Waals surface area contributed by atoms with E-state index < -0.39 is 0 Å². The molecule has 0 atom stereocenters. The zero-order valence-corrected chi connectivity index (χ0v) is 12.0. The number of anilines is 1. The van der Waals surface area contributed by atoms with Crippen LogP contribution < -0.4 is 5.32 Å². The molecule has 2 aromatic rings. The van der Waals surface area contributed by atoms with Crippen molar-refractivity contribution in [2.24, 2.45) is 0 Å². The molecule has 0 aliphatic heterocycles. The third-order valence-electron chi connectivity index (χ3n) is 2.40. The molecule has 0 radical (unpaired) electrons. The van der Waals surface area contributed by atoms with Gasteiger partial charge in [0, 0.05) is 11.9 Å². The molecule has 17 heavy (non-hydrogen) atoms. The summed E-state index contributed by atoms with van der Waals surface area (Å²) in [4.78, 5) is 10.4. The SMILES string of the molecule is CCCNc1nc(-c2sc(C)nc2CC)cs1. The van der Waals surface area contributed by atoms with Crippen molar-refractivity contribution >= 4 is 27.8 Å². The van der Waals surface area contributed by atoms with Crippen LogP contribution in [0.15, 0.2) is 5.38 Å². The van der Waals surface area contributed by atoms with Gasteiger partial charge >= 0.3 is 0 Å². The molecule has 2 heterocycles. The normalized spacial score (nSPS) is 10.8. The molecule has 1 N–H and O–H groups in total. The molecule has 0 saturated heterocycles. The van der Waals surface area contributed by atoms with Crippen molar-refractivity contribution in [1.82, 2.24) is 9.97 Å². The second kappa shape index (κ2) is 5.60. The summed E-state index contributed by atoms with van der Waals surface area (Å²) in [6.45, 7) is 7.33.